The molecule has 2 aliphatic carbocycles. The number of ether oxygens (including phenoxy) is 1. The van der Waals surface area contributed by atoms with E-state index in [-0.39, 0.29) is 59.5 Å². The van der Waals surface area contributed by atoms with Gasteiger partial charge in [0.1, 0.15) is 5.75 Å². The van der Waals surface area contributed by atoms with Crippen LogP contribution < -0.4 is 15.4 Å². The molecule has 4 rings (SSSR count). The zero-order valence-corrected chi connectivity index (χ0v) is 20.7. The number of carbonyl (C=O) groups is 2. The fourth-order valence-electron chi connectivity index (χ4n) is 4.89. The number of guanidine groups is 1. The van der Waals surface area contributed by atoms with Crippen LogP contribution in [0.1, 0.15) is 18.4 Å². The van der Waals surface area contributed by atoms with Crippen molar-refractivity contribution in [2.75, 3.05) is 27.2 Å². The number of halogens is 2. The van der Waals surface area contributed by atoms with Crippen LogP contribution in [0.15, 0.2) is 35.3 Å². The maximum absolute atomic E-state index is 12.7. The molecule has 2 amide bonds. The highest BCUT2D eigenvalue weighted by molar-refractivity contribution is 14.0. The molecule has 7 nitrogen and oxygen atoms in total. The van der Waals surface area contributed by atoms with Gasteiger partial charge in [-0.3, -0.25) is 19.5 Å². The maximum Gasteiger partial charge on any atom is 0.233 e. The van der Waals surface area contributed by atoms with Crippen molar-refractivity contribution in [3.8, 4) is 5.75 Å². The van der Waals surface area contributed by atoms with Gasteiger partial charge in [0.15, 0.2) is 5.96 Å². The number of amides is 2. The van der Waals surface area contributed by atoms with Crippen molar-refractivity contribution in [1.82, 2.24) is 15.5 Å². The number of rotatable bonds is 7. The summed E-state index contributed by atoms with van der Waals surface area (Å²) in [5.41, 5.74) is 0.966. The van der Waals surface area contributed by atoms with E-state index in [4.69, 9.17) is 16.3 Å². The van der Waals surface area contributed by atoms with E-state index in [9.17, 15) is 9.59 Å². The van der Waals surface area contributed by atoms with Crippen molar-refractivity contribution in [2.24, 2.45) is 28.7 Å². The first-order valence-electron chi connectivity index (χ1n) is 10.3. The van der Waals surface area contributed by atoms with Crippen LogP contribution in [-0.4, -0.2) is 49.9 Å². The average Bonchev–Trinajstić information content (AvgIpc) is 3.43. The lowest BCUT2D eigenvalue weighted by Crippen LogP contribution is -2.39. The highest BCUT2D eigenvalue weighted by Crippen LogP contribution is 2.52. The molecule has 0 aromatic heterocycles. The van der Waals surface area contributed by atoms with E-state index in [0.29, 0.717) is 42.8 Å². The van der Waals surface area contributed by atoms with Gasteiger partial charge in [-0.2, -0.15) is 0 Å². The van der Waals surface area contributed by atoms with Crippen LogP contribution in [0.5, 0.6) is 5.75 Å². The molecule has 1 aromatic carbocycles. The minimum absolute atomic E-state index is 0. The molecule has 1 saturated carbocycles. The molecule has 168 valence electrons. The number of nitrogens with zero attached hydrogens (tertiary/aromatic N) is 2. The number of hydrogen-bond acceptors (Lipinski definition) is 4. The van der Waals surface area contributed by atoms with Crippen LogP contribution in [0.2, 0.25) is 5.02 Å². The number of hydrogen-bond donors (Lipinski definition) is 2. The third-order valence-corrected chi connectivity index (χ3v) is 6.57. The molecule has 4 atom stereocenters. The molecule has 1 aromatic rings. The van der Waals surface area contributed by atoms with Gasteiger partial charge in [0, 0.05) is 37.3 Å². The molecule has 31 heavy (non-hydrogen) atoms. The van der Waals surface area contributed by atoms with E-state index >= 15 is 0 Å². The highest BCUT2D eigenvalue weighted by Gasteiger charge is 2.58. The van der Waals surface area contributed by atoms with Gasteiger partial charge in [-0.15, -0.1) is 24.0 Å². The van der Waals surface area contributed by atoms with Crippen LogP contribution in [0, 0.1) is 23.7 Å². The van der Waals surface area contributed by atoms with Crippen molar-refractivity contribution < 1.29 is 14.3 Å². The van der Waals surface area contributed by atoms with Crippen LogP contribution in [0.3, 0.4) is 0 Å². The number of allylic oxidation sites excluding steroid dienone is 2. The fourth-order valence-corrected chi connectivity index (χ4v) is 5.05. The summed E-state index contributed by atoms with van der Waals surface area (Å²) in [5, 5.41) is 7.09. The Morgan fingerprint density at radius 3 is 2.48 bits per heavy atom. The van der Waals surface area contributed by atoms with E-state index in [1.54, 1.807) is 20.2 Å². The van der Waals surface area contributed by atoms with Gasteiger partial charge in [-0.25, -0.2) is 0 Å². The summed E-state index contributed by atoms with van der Waals surface area (Å²) < 4.78 is 5.36. The third kappa shape index (κ3) is 4.69. The monoisotopic (exact) mass is 558 g/mol. The van der Waals surface area contributed by atoms with Gasteiger partial charge >= 0.3 is 0 Å². The van der Waals surface area contributed by atoms with Crippen LogP contribution >= 0.6 is 35.6 Å². The largest absolute Gasteiger partial charge is 0.496 e. The smallest absolute Gasteiger partial charge is 0.233 e. The van der Waals surface area contributed by atoms with Crippen LogP contribution in [0.25, 0.3) is 0 Å². The van der Waals surface area contributed by atoms with Gasteiger partial charge in [-0.1, -0.05) is 29.8 Å². The number of aliphatic imine (C=N–C) groups is 1. The SMILES string of the molecule is CN=C(NCCCN1C(=O)C2C3C=CC(C3)C2C1=O)NCc1ccc(Cl)cc1OC.I. The van der Waals surface area contributed by atoms with Crippen molar-refractivity contribution in [3.05, 3.63) is 40.9 Å². The van der Waals surface area contributed by atoms with E-state index in [2.05, 4.69) is 27.8 Å². The van der Waals surface area contributed by atoms with E-state index in [1.165, 1.54) is 4.90 Å². The quantitative estimate of drug-likeness (QED) is 0.134. The summed E-state index contributed by atoms with van der Waals surface area (Å²) in [6.07, 6.45) is 5.87. The average molecular weight is 559 g/mol. The first kappa shape index (κ1) is 23.8. The molecule has 9 heteroatoms. The normalized spacial score (nSPS) is 26.2. The molecule has 1 heterocycles. The van der Waals surface area contributed by atoms with Crippen LogP contribution in [0.4, 0.5) is 0 Å². The predicted molar refractivity (Wildman–Crippen MR) is 131 cm³/mol. The highest BCUT2D eigenvalue weighted by atomic mass is 127. The Morgan fingerprint density at radius 1 is 1.19 bits per heavy atom. The van der Waals surface area contributed by atoms with Crippen molar-refractivity contribution in [1.29, 1.82) is 0 Å². The maximum atomic E-state index is 12.7. The summed E-state index contributed by atoms with van der Waals surface area (Å²) in [6, 6.07) is 5.50. The molecule has 2 N–H and O–H groups in total. The Hall–Kier alpha value is -1.81. The number of benzene rings is 1. The number of likely N-dealkylation sites (tertiary alicyclic amines) is 1. The summed E-state index contributed by atoms with van der Waals surface area (Å²) in [4.78, 5) is 31.1. The van der Waals surface area contributed by atoms with Gasteiger partial charge in [0.25, 0.3) is 0 Å². The zero-order chi connectivity index (χ0) is 21.3. The molecule has 2 fully saturated rings. The Bertz CT molecular complexity index is 877. The number of nitrogens with one attached hydrogen (secondary N) is 2. The number of carbonyl (C=O) groups excluding carboxylic acids is 2. The molecule has 1 aliphatic heterocycles. The lowest BCUT2D eigenvalue weighted by Gasteiger charge is -2.18. The minimum Gasteiger partial charge on any atom is -0.496 e. The molecule has 3 aliphatic rings. The lowest BCUT2D eigenvalue weighted by molar-refractivity contribution is -0.140. The Kier molecular flexibility index (Phi) is 7.85. The topological polar surface area (TPSA) is 83.0 Å². The van der Waals surface area contributed by atoms with E-state index < -0.39 is 0 Å². The molecule has 4 unspecified atom stereocenters. The van der Waals surface area contributed by atoms with E-state index in [1.807, 2.05) is 12.1 Å². The molecule has 0 spiro atoms. The summed E-state index contributed by atoms with van der Waals surface area (Å²) in [5.74, 6) is 1.66. The van der Waals surface area contributed by atoms with Gasteiger partial charge in [-0.05, 0) is 36.8 Å². The molecular weight excluding hydrogens is 531 g/mol. The molecule has 0 radical (unpaired) electrons. The first-order valence-corrected chi connectivity index (χ1v) is 10.7. The Balaban J connectivity index is 0.00000272. The zero-order valence-electron chi connectivity index (χ0n) is 17.6. The van der Waals surface area contributed by atoms with Crippen molar-refractivity contribution >= 4 is 53.4 Å². The molecule has 1 saturated heterocycles. The summed E-state index contributed by atoms with van der Waals surface area (Å²) in [7, 11) is 3.31. The summed E-state index contributed by atoms with van der Waals surface area (Å²) >= 11 is 6.00. The first-order chi connectivity index (χ1) is 14.5. The fraction of sp³-hybridized carbons (Fsp3) is 0.500. The van der Waals surface area contributed by atoms with Crippen molar-refractivity contribution in [3.63, 3.8) is 0 Å². The summed E-state index contributed by atoms with van der Waals surface area (Å²) in [6.45, 7) is 1.58. The third-order valence-electron chi connectivity index (χ3n) is 6.33. The lowest BCUT2D eigenvalue weighted by atomic mass is 9.85. The number of methoxy groups -OCH3 is 1. The van der Waals surface area contributed by atoms with Gasteiger partial charge in [0.2, 0.25) is 11.8 Å². The Morgan fingerprint density at radius 2 is 1.87 bits per heavy atom. The van der Waals surface area contributed by atoms with Gasteiger partial charge in [0.05, 0.1) is 18.9 Å². The Labute approximate surface area is 204 Å². The number of imide groups is 1. The minimum atomic E-state index is -0.121. The van der Waals surface area contributed by atoms with Crippen LogP contribution in [-0.2, 0) is 16.1 Å². The van der Waals surface area contributed by atoms with E-state index in [0.717, 1.165) is 12.0 Å². The van der Waals surface area contributed by atoms with Crippen molar-refractivity contribution in [2.45, 2.75) is 19.4 Å². The molecule has 2 bridgehead atoms. The second-order valence-corrected chi connectivity index (χ2v) is 8.43. The van der Waals surface area contributed by atoms with Gasteiger partial charge < -0.3 is 15.4 Å². The predicted octanol–water partition coefficient (Wildman–Crippen LogP) is 2.83. The number of fused-ring (bicyclic) bond motifs is 5. The molecular formula is C22H28ClIN4O3. The standard InChI is InChI=1S/C22H27ClN4O3.HI/c1-24-22(26-12-15-6-7-16(23)11-17(15)30-2)25-8-3-9-27-20(28)18-13-4-5-14(10-13)19(18)21(27)29;/h4-7,11,13-14,18-19H,3,8-10,12H2,1-2H3,(H2,24,25,26);1H. The second-order valence-electron chi connectivity index (χ2n) is 7.99. The second kappa shape index (κ2) is 10.2.